The average Bonchev–Trinajstić information content (AvgIpc) is 2.95. The molecule has 28 heavy (non-hydrogen) atoms. The number of rotatable bonds is 0. The third-order valence-electron chi connectivity index (χ3n) is 10.1. The van der Waals surface area contributed by atoms with Gasteiger partial charge in [0.25, 0.3) is 0 Å². The van der Waals surface area contributed by atoms with Gasteiger partial charge in [0.2, 0.25) is 0 Å². The molecule has 3 saturated carbocycles. The number of hydrogen-bond donors (Lipinski definition) is 0. The summed E-state index contributed by atoms with van der Waals surface area (Å²) in [5.74, 6) is 1.00. The lowest BCUT2D eigenvalue weighted by molar-refractivity contribution is -0.185. The highest BCUT2D eigenvalue weighted by Gasteiger charge is 2.79. The van der Waals surface area contributed by atoms with Crippen LogP contribution in [0.3, 0.4) is 0 Å². The number of ether oxygens (including phenoxy) is 4. The highest BCUT2D eigenvalue weighted by molar-refractivity contribution is 5.44. The Kier molecular flexibility index (Phi) is 3.02. The highest BCUT2D eigenvalue weighted by Crippen LogP contribution is 2.75. The summed E-state index contributed by atoms with van der Waals surface area (Å²) in [4.78, 5) is 0. The van der Waals surface area contributed by atoms with Crippen LogP contribution < -0.4 is 0 Å². The molecule has 4 heteroatoms. The lowest BCUT2D eigenvalue weighted by Crippen LogP contribution is -2.54. The molecule has 7 rings (SSSR count). The van der Waals surface area contributed by atoms with Crippen LogP contribution in [0.5, 0.6) is 0 Å². The molecule has 0 N–H and O–H groups in total. The van der Waals surface area contributed by atoms with Gasteiger partial charge in [-0.1, -0.05) is 19.6 Å². The number of fused-ring (bicyclic) bond motifs is 4. The van der Waals surface area contributed by atoms with E-state index < -0.39 is 0 Å². The second kappa shape index (κ2) is 4.96. The zero-order valence-electron chi connectivity index (χ0n) is 17.1. The standard InChI is InChI=1S/C24H32O4/c1-16-6-12-27-23(16)9-5-18-17-3-8-21-15-22(25-13-14-26-22)10-11-24(21,28-21)19(17)4-7-20(18,23)2/h4,17-18H,1,3,5-15H2,2H3/t17?,18?,20-,21+,23+,24+/m0/s1. The first-order valence-electron chi connectivity index (χ1n) is 11.5. The van der Waals surface area contributed by atoms with Crippen molar-refractivity contribution in [2.45, 2.75) is 87.3 Å². The van der Waals surface area contributed by atoms with Gasteiger partial charge in [0, 0.05) is 18.3 Å². The summed E-state index contributed by atoms with van der Waals surface area (Å²) in [6.07, 6.45) is 12.5. The van der Waals surface area contributed by atoms with Gasteiger partial charge in [-0.3, -0.25) is 0 Å². The van der Waals surface area contributed by atoms with Crippen molar-refractivity contribution in [2.75, 3.05) is 19.8 Å². The maximum absolute atomic E-state index is 6.71. The number of hydrogen-bond acceptors (Lipinski definition) is 4. The summed E-state index contributed by atoms with van der Waals surface area (Å²) in [5.41, 5.74) is 3.09. The second-order valence-electron chi connectivity index (χ2n) is 10.8. The van der Waals surface area contributed by atoms with Crippen LogP contribution in [0, 0.1) is 17.3 Å². The molecule has 0 bridgehead atoms. The minimum Gasteiger partial charge on any atom is -0.370 e. The third-order valence-corrected chi connectivity index (χ3v) is 10.1. The van der Waals surface area contributed by atoms with Crippen molar-refractivity contribution >= 4 is 0 Å². The lowest BCUT2D eigenvalue weighted by Gasteiger charge is -2.52. The van der Waals surface area contributed by atoms with E-state index >= 15 is 0 Å². The Bertz CT molecular complexity index is 796. The SMILES string of the molecule is C=C1CCO[C@]12CCC1C3CC[C@@]45CC6(CC[C@@]4(O5)C3=CC[C@@]12C)OCCO6. The zero-order valence-corrected chi connectivity index (χ0v) is 17.1. The van der Waals surface area contributed by atoms with E-state index in [2.05, 4.69) is 19.6 Å². The largest absolute Gasteiger partial charge is 0.370 e. The molecule has 3 heterocycles. The van der Waals surface area contributed by atoms with E-state index in [0.717, 1.165) is 64.8 Å². The Morgan fingerprint density at radius 1 is 0.964 bits per heavy atom. The number of epoxide rings is 1. The van der Waals surface area contributed by atoms with Gasteiger partial charge in [0.05, 0.1) is 25.4 Å². The maximum Gasteiger partial charge on any atom is 0.171 e. The van der Waals surface area contributed by atoms with E-state index in [1.54, 1.807) is 5.57 Å². The molecule has 0 radical (unpaired) electrons. The molecule has 4 nitrogen and oxygen atoms in total. The van der Waals surface area contributed by atoms with Gasteiger partial charge in [0.1, 0.15) is 11.2 Å². The van der Waals surface area contributed by atoms with Crippen LogP contribution in [0.15, 0.2) is 23.8 Å². The monoisotopic (exact) mass is 384 g/mol. The van der Waals surface area contributed by atoms with E-state index in [1.165, 1.54) is 18.4 Å². The summed E-state index contributed by atoms with van der Waals surface area (Å²) in [5, 5.41) is 0. The molecule has 4 aliphatic carbocycles. The Labute approximate surface area is 167 Å². The zero-order chi connectivity index (χ0) is 18.8. The predicted molar refractivity (Wildman–Crippen MR) is 104 cm³/mol. The summed E-state index contributed by atoms with van der Waals surface area (Å²) >= 11 is 0. The Hall–Kier alpha value is -0.680. The molecule has 2 unspecified atom stereocenters. The first-order valence-corrected chi connectivity index (χ1v) is 11.5. The Morgan fingerprint density at radius 3 is 2.61 bits per heavy atom. The maximum atomic E-state index is 6.71. The van der Waals surface area contributed by atoms with Crippen molar-refractivity contribution in [1.29, 1.82) is 0 Å². The van der Waals surface area contributed by atoms with Gasteiger partial charge in [0.15, 0.2) is 5.79 Å². The van der Waals surface area contributed by atoms with Crippen LogP contribution in [0.25, 0.3) is 0 Å². The van der Waals surface area contributed by atoms with Crippen LogP contribution in [-0.4, -0.2) is 42.4 Å². The Morgan fingerprint density at radius 2 is 1.82 bits per heavy atom. The van der Waals surface area contributed by atoms with Gasteiger partial charge in [-0.05, 0) is 67.9 Å². The fourth-order valence-electron chi connectivity index (χ4n) is 8.80. The normalized spacial score (nSPS) is 55.6. The van der Waals surface area contributed by atoms with Gasteiger partial charge in [-0.25, -0.2) is 0 Å². The smallest absolute Gasteiger partial charge is 0.171 e. The average molecular weight is 385 g/mol. The molecule has 0 aromatic heterocycles. The molecule has 0 aromatic carbocycles. The molecule has 6 fully saturated rings. The van der Waals surface area contributed by atoms with E-state index in [0.29, 0.717) is 11.8 Å². The first kappa shape index (κ1) is 17.0. The van der Waals surface area contributed by atoms with E-state index in [9.17, 15) is 0 Å². The molecule has 6 atom stereocenters. The first-order chi connectivity index (χ1) is 13.5. The molecular formula is C24H32O4. The summed E-state index contributed by atoms with van der Waals surface area (Å²) in [6, 6.07) is 0. The van der Waals surface area contributed by atoms with Crippen LogP contribution in [-0.2, 0) is 18.9 Å². The van der Waals surface area contributed by atoms with Gasteiger partial charge < -0.3 is 18.9 Å². The molecule has 0 aromatic rings. The van der Waals surface area contributed by atoms with E-state index in [1.807, 2.05) is 0 Å². The lowest BCUT2D eigenvalue weighted by atomic mass is 9.52. The van der Waals surface area contributed by atoms with Crippen LogP contribution in [0.1, 0.15) is 64.7 Å². The van der Waals surface area contributed by atoms with Crippen LogP contribution in [0.4, 0.5) is 0 Å². The van der Waals surface area contributed by atoms with Gasteiger partial charge >= 0.3 is 0 Å². The van der Waals surface area contributed by atoms with Crippen LogP contribution >= 0.6 is 0 Å². The van der Waals surface area contributed by atoms with Gasteiger partial charge in [-0.2, -0.15) is 0 Å². The minimum atomic E-state index is -0.358. The van der Waals surface area contributed by atoms with Crippen LogP contribution in [0.2, 0.25) is 0 Å². The molecule has 7 aliphatic rings. The minimum absolute atomic E-state index is 0.0128. The molecule has 3 aliphatic heterocycles. The highest BCUT2D eigenvalue weighted by atomic mass is 16.7. The second-order valence-corrected chi connectivity index (χ2v) is 10.8. The van der Waals surface area contributed by atoms with Crippen molar-refractivity contribution in [3.8, 4) is 0 Å². The molecule has 0 amide bonds. The molecule has 3 saturated heterocycles. The topological polar surface area (TPSA) is 40.2 Å². The molecule has 152 valence electrons. The third kappa shape index (κ3) is 1.68. The van der Waals surface area contributed by atoms with Crippen molar-refractivity contribution in [3.05, 3.63) is 23.8 Å². The fourth-order valence-corrected chi connectivity index (χ4v) is 8.80. The van der Waals surface area contributed by atoms with E-state index in [4.69, 9.17) is 18.9 Å². The van der Waals surface area contributed by atoms with Crippen molar-refractivity contribution in [1.82, 2.24) is 0 Å². The molecular weight excluding hydrogens is 352 g/mol. The Balaban J connectivity index is 1.25. The quantitative estimate of drug-likeness (QED) is 0.461. The summed E-state index contributed by atoms with van der Waals surface area (Å²) in [6.45, 7) is 9.29. The number of allylic oxidation sites excluding steroid dienone is 1. The summed E-state index contributed by atoms with van der Waals surface area (Å²) in [7, 11) is 0. The van der Waals surface area contributed by atoms with Crippen molar-refractivity contribution in [2.24, 2.45) is 17.3 Å². The van der Waals surface area contributed by atoms with Gasteiger partial charge in [-0.15, -0.1) is 0 Å². The summed E-state index contributed by atoms with van der Waals surface area (Å²) < 4.78 is 25.3. The van der Waals surface area contributed by atoms with Crippen molar-refractivity contribution in [3.63, 3.8) is 0 Å². The van der Waals surface area contributed by atoms with Crippen molar-refractivity contribution < 1.29 is 18.9 Å². The van der Waals surface area contributed by atoms with E-state index in [-0.39, 0.29) is 28.0 Å². The fraction of sp³-hybridized carbons (Fsp3) is 0.833. The predicted octanol–water partition coefficient (Wildman–Crippen LogP) is 4.29. The molecule has 2 spiro atoms.